The van der Waals surface area contributed by atoms with Gasteiger partial charge in [-0.1, -0.05) is 6.07 Å². The minimum atomic E-state index is -0.308. The molecular formula is C10H11NO2. The Morgan fingerprint density at radius 3 is 3.08 bits per heavy atom. The van der Waals surface area contributed by atoms with Crippen molar-refractivity contribution in [1.29, 1.82) is 0 Å². The first-order valence-electron chi connectivity index (χ1n) is 4.01. The van der Waals surface area contributed by atoms with E-state index in [9.17, 15) is 4.79 Å². The fraction of sp³-hybridized carbons (Fsp3) is 0.200. The third-order valence-corrected chi connectivity index (χ3v) is 1.38. The van der Waals surface area contributed by atoms with Gasteiger partial charge in [-0.05, 0) is 18.2 Å². The number of ether oxygens (including phenoxy) is 1. The minimum absolute atomic E-state index is 0.308. The summed E-state index contributed by atoms with van der Waals surface area (Å²) < 4.78 is 4.62. The second kappa shape index (κ2) is 5.09. The van der Waals surface area contributed by atoms with E-state index in [0.717, 1.165) is 5.69 Å². The van der Waals surface area contributed by atoms with Gasteiger partial charge in [0.2, 0.25) is 0 Å². The van der Waals surface area contributed by atoms with Crippen molar-refractivity contribution in [3.05, 3.63) is 42.4 Å². The number of aromatic nitrogens is 1. The normalized spacial score (nSPS) is 10.2. The van der Waals surface area contributed by atoms with Crippen molar-refractivity contribution in [2.45, 2.75) is 13.3 Å². The van der Waals surface area contributed by atoms with Crippen LogP contribution >= 0.6 is 0 Å². The highest BCUT2D eigenvalue weighted by atomic mass is 16.5. The standard InChI is InChI=1S/C10H11NO2/c1-9(12)13-8-4-6-10-5-2-3-7-11-10/h2-5,7-8H,6H2,1H3. The van der Waals surface area contributed by atoms with Crippen LogP contribution in [0.25, 0.3) is 0 Å². The lowest BCUT2D eigenvalue weighted by Crippen LogP contribution is -1.90. The predicted molar refractivity (Wildman–Crippen MR) is 48.8 cm³/mol. The van der Waals surface area contributed by atoms with E-state index in [0.29, 0.717) is 6.42 Å². The molecule has 0 saturated heterocycles. The van der Waals surface area contributed by atoms with E-state index in [1.165, 1.54) is 13.2 Å². The molecule has 1 heterocycles. The lowest BCUT2D eigenvalue weighted by Gasteiger charge is -1.93. The topological polar surface area (TPSA) is 39.2 Å². The minimum Gasteiger partial charge on any atom is -0.435 e. The molecule has 0 aliphatic carbocycles. The van der Waals surface area contributed by atoms with E-state index in [4.69, 9.17) is 0 Å². The average Bonchev–Trinajstić information content (AvgIpc) is 2.14. The molecule has 0 unspecified atom stereocenters. The van der Waals surface area contributed by atoms with Crippen LogP contribution in [0.1, 0.15) is 12.6 Å². The van der Waals surface area contributed by atoms with Crippen LogP contribution in [-0.4, -0.2) is 11.0 Å². The highest BCUT2D eigenvalue weighted by Crippen LogP contribution is 1.95. The predicted octanol–water partition coefficient (Wildman–Crippen LogP) is 1.70. The Bertz CT molecular complexity index is 293. The molecule has 0 amide bonds. The molecule has 0 saturated carbocycles. The van der Waals surface area contributed by atoms with Gasteiger partial charge in [-0.3, -0.25) is 9.78 Å². The van der Waals surface area contributed by atoms with Gasteiger partial charge in [0, 0.05) is 25.2 Å². The molecule has 68 valence electrons. The largest absolute Gasteiger partial charge is 0.435 e. The van der Waals surface area contributed by atoms with Crippen LogP contribution in [0, 0.1) is 0 Å². The van der Waals surface area contributed by atoms with E-state index < -0.39 is 0 Å². The quantitative estimate of drug-likeness (QED) is 0.521. The molecule has 0 radical (unpaired) electrons. The number of pyridine rings is 1. The van der Waals surface area contributed by atoms with Gasteiger partial charge in [-0.15, -0.1) is 0 Å². The number of carbonyl (C=O) groups is 1. The van der Waals surface area contributed by atoms with Gasteiger partial charge in [-0.2, -0.15) is 0 Å². The smallest absolute Gasteiger partial charge is 0.307 e. The molecule has 0 aromatic carbocycles. The summed E-state index contributed by atoms with van der Waals surface area (Å²) in [5, 5.41) is 0. The van der Waals surface area contributed by atoms with Crippen LogP contribution in [0.2, 0.25) is 0 Å². The number of esters is 1. The molecule has 0 fully saturated rings. The SMILES string of the molecule is CC(=O)OC=CCc1ccccn1. The summed E-state index contributed by atoms with van der Waals surface area (Å²) in [6.07, 6.45) is 5.55. The molecule has 0 aliphatic heterocycles. The lowest BCUT2D eigenvalue weighted by molar-refractivity contribution is -0.135. The molecule has 1 aromatic heterocycles. The Kier molecular flexibility index (Phi) is 3.70. The Hall–Kier alpha value is -1.64. The number of hydrogen-bond acceptors (Lipinski definition) is 3. The Balaban J connectivity index is 2.35. The van der Waals surface area contributed by atoms with Crippen molar-refractivity contribution in [2.24, 2.45) is 0 Å². The zero-order valence-electron chi connectivity index (χ0n) is 7.43. The molecule has 0 atom stereocenters. The number of carbonyl (C=O) groups excluding carboxylic acids is 1. The number of allylic oxidation sites excluding steroid dienone is 1. The van der Waals surface area contributed by atoms with Gasteiger partial charge in [0.15, 0.2) is 0 Å². The lowest BCUT2D eigenvalue weighted by atomic mass is 10.3. The van der Waals surface area contributed by atoms with Crippen LogP contribution in [0.15, 0.2) is 36.7 Å². The van der Waals surface area contributed by atoms with Crippen LogP contribution in [0.4, 0.5) is 0 Å². The Labute approximate surface area is 77.1 Å². The average molecular weight is 177 g/mol. The molecule has 13 heavy (non-hydrogen) atoms. The third kappa shape index (κ3) is 4.06. The van der Waals surface area contributed by atoms with Gasteiger partial charge >= 0.3 is 5.97 Å². The molecule has 1 aromatic rings. The summed E-state index contributed by atoms with van der Waals surface area (Å²) in [6.45, 7) is 1.37. The summed E-state index contributed by atoms with van der Waals surface area (Å²) >= 11 is 0. The number of rotatable bonds is 3. The maximum atomic E-state index is 10.4. The summed E-state index contributed by atoms with van der Waals surface area (Å²) in [6, 6.07) is 5.69. The first-order valence-corrected chi connectivity index (χ1v) is 4.01. The van der Waals surface area contributed by atoms with Gasteiger partial charge in [0.1, 0.15) is 0 Å². The van der Waals surface area contributed by atoms with E-state index in [-0.39, 0.29) is 5.97 Å². The van der Waals surface area contributed by atoms with Crippen LogP contribution in [0.5, 0.6) is 0 Å². The van der Waals surface area contributed by atoms with Crippen LogP contribution in [0.3, 0.4) is 0 Å². The van der Waals surface area contributed by atoms with Gasteiger partial charge in [-0.25, -0.2) is 0 Å². The fourth-order valence-electron chi connectivity index (χ4n) is 0.832. The maximum absolute atomic E-state index is 10.4. The molecular weight excluding hydrogens is 166 g/mol. The fourth-order valence-corrected chi connectivity index (χ4v) is 0.832. The summed E-state index contributed by atoms with van der Waals surface area (Å²) in [5.41, 5.74) is 0.950. The molecule has 3 heteroatoms. The van der Waals surface area contributed by atoms with E-state index in [1.54, 1.807) is 12.3 Å². The van der Waals surface area contributed by atoms with Gasteiger partial charge < -0.3 is 4.74 Å². The zero-order chi connectivity index (χ0) is 9.52. The van der Waals surface area contributed by atoms with Crippen LogP contribution < -0.4 is 0 Å². The zero-order valence-corrected chi connectivity index (χ0v) is 7.43. The maximum Gasteiger partial charge on any atom is 0.307 e. The highest BCUT2D eigenvalue weighted by Gasteiger charge is 1.88. The highest BCUT2D eigenvalue weighted by molar-refractivity contribution is 5.66. The van der Waals surface area contributed by atoms with Crippen molar-refractivity contribution < 1.29 is 9.53 Å². The summed E-state index contributed by atoms with van der Waals surface area (Å²) in [5.74, 6) is -0.308. The van der Waals surface area contributed by atoms with Crippen molar-refractivity contribution in [1.82, 2.24) is 4.98 Å². The van der Waals surface area contributed by atoms with Gasteiger partial charge in [0.05, 0.1) is 6.26 Å². The van der Waals surface area contributed by atoms with Crippen LogP contribution in [-0.2, 0) is 16.0 Å². The Morgan fingerprint density at radius 1 is 1.62 bits per heavy atom. The van der Waals surface area contributed by atoms with E-state index in [2.05, 4.69) is 9.72 Å². The summed E-state index contributed by atoms with van der Waals surface area (Å²) in [7, 11) is 0. The van der Waals surface area contributed by atoms with Crippen molar-refractivity contribution in [3.63, 3.8) is 0 Å². The van der Waals surface area contributed by atoms with Crippen molar-refractivity contribution in [2.75, 3.05) is 0 Å². The monoisotopic (exact) mass is 177 g/mol. The van der Waals surface area contributed by atoms with Gasteiger partial charge in [0.25, 0.3) is 0 Å². The number of hydrogen-bond donors (Lipinski definition) is 0. The second-order valence-corrected chi connectivity index (χ2v) is 2.51. The van der Waals surface area contributed by atoms with Crippen molar-refractivity contribution in [3.8, 4) is 0 Å². The molecule has 0 bridgehead atoms. The summed E-state index contributed by atoms with van der Waals surface area (Å²) in [4.78, 5) is 14.5. The molecule has 3 nitrogen and oxygen atoms in total. The second-order valence-electron chi connectivity index (χ2n) is 2.51. The molecule has 0 aliphatic rings. The third-order valence-electron chi connectivity index (χ3n) is 1.38. The molecule has 0 spiro atoms. The first kappa shape index (κ1) is 9.45. The Morgan fingerprint density at radius 2 is 2.46 bits per heavy atom. The first-order chi connectivity index (χ1) is 6.29. The van der Waals surface area contributed by atoms with Crippen molar-refractivity contribution >= 4 is 5.97 Å². The van der Waals surface area contributed by atoms with E-state index in [1.807, 2.05) is 18.2 Å². The number of nitrogens with zero attached hydrogens (tertiary/aromatic N) is 1. The van der Waals surface area contributed by atoms with E-state index >= 15 is 0 Å². The molecule has 1 rings (SSSR count). The molecule has 0 N–H and O–H groups in total.